The zero-order valence-electron chi connectivity index (χ0n) is 16.3. The number of sulfonamides is 1. The minimum atomic E-state index is -3.49. The molecular formula is C22H28N2O3S. The molecule has 0 bridgehead atoms. The summed E-state index contributed by atoms with van der Waals surface area (Å²) in [6, 6.07) is 17.2. The van der Waals surface area contributed by atoms with Crippen LogP contribution in [-0.4, -0.2) is 44.5 Å². The maximum absolute atomic E-state index is 13.1. The van der Waals surface area contributed by atoms with E-state index in [1.54, 1.807) is 28.6 Å². The zero-order valence-corrected chi connectivity index (χ0v) is 17.1. The molecule has 28 heavy (non-hydrogen) atoms. The molecule has 0 radical (unpaired) electrons. The van der Waals surface area contributed by atoms with E-state index in [0.717, 1.165) is 24.3 Å². The average Bonchev–Trinajstić information content (AvgIpc) is 3.22. The van der Waals surface area contributed by atoms with Gasteiger partial charge in [0.15, 0.2) is 0 Å². The van der Waals surface area contributed by atoms with Crippen molar-refractivity contribution in [1.82, 2.24) is 4.31 Å². The zero-order chi connectivity index (χ0) is 19.6. The summed E-state index contributed by atoms with van der Waals surface area (Å²) in [6.45, 7) is 3.74. The van der Waals surface area contributed by atoms with E-state index in [4.69, 9.17) is 4.74 Å². The lowest BCUT2D eigenvalue weighted by molar-refractivity contribution is 0.210. The monoisotopic (exact) mass is 400 g/mol. The first-order chi connectivity index (χ1) is 13.5. The van der Waals surface area contributed by atoms with Crippen LogP contribution in [0.25, 0.3) is 0 Å². The van der Waals surface area contributed by atoms with Gasteiger partial charge in [0, 0.05) is 31.4 Å². The van der Waals surface area contributed by atoms with Crippen molar-refractivity contribution in [3.63, 3.8) is 0 Å². The average molecular weight is 401 g/mol. The number of anilines is 1. The first-order valence-corrected chi connectivity index (χ1v) is 11.6. The lowest BCUT2D eigenvalue weighted by Gasteiger charge is -2.40. The summed E-state index contributed by atoms with van der Waals surface area (Å²) in [5.41, 5.74) is 1.14. The number of rotatable bonds is 5. The molecule has 2 aromatic rings. The molecule has 6 heteroatoms. The molecule has 1 heterocycles. The largest absolute Gasteiger partial charge is 0.490 e. The van der Waals surface area contributed by atoms with Gasteiger partial charge in [0.05, 0.1) is 11.0 Å². The van der Waals surface area contributed by atoms with E-state index >= 15 is 0 Å². The molecule has 0 amide bonds. The quantitative estimate of drug-likeness (QED) is 0.764. The number of ether oxygens (including phenoxy) is 1. The Labute approximate surface area is 168 Å². The van der Waals surface area contributed by atoms with Crippen LogP contribution in [0.4, 0.5) is 5.69 Å². The smallest absolute Gasteiger partial charge is 0.243 e. The molecule has 150 valence electrons. The molecule has 2 aliphatic rings. The Morgan fingerprint density at radius 2 is 1.61 bits per heavy atom. The van der Waals surface area contributed by atoms with E-state index in [-0.39, 0.29) is 12.1 Å². The number of para-hydroxylation sites is 1. The van der Waals surface area contributed by atoms with Crippen molar-refractivity contribution in [2.24, 2.45) is 0 Å². The standard InChI is InChI=1S/C22H28N2O3S/c1-18-17-23(15-16-24(18)19-7-3-2-4-8-19)28(25,26)22-13-11-21(12-14-22)27-20-9-5-6-10-20/h2-4,7-8,11-14,18,20H,5-6,9-10,15-17H2,1H3. The maximum atomic E-state index is 13.1. The first-order valence-electron chi connectivity index (χ1n) is 10.1. The first kappa shape index (κ1) is 19.3. The van der Waals surface area contributed by atoms with Crippen LogP contribution >= 0.6 is 0 Å². The summed E-state index contributed by atoms with van der Waals surface area (Å²) in [5, 5.41) is 0. The molecule has 4 rings (SSSR count). The van der Waals surface area contributed by atoms with Crippen LogP contribution in [-0.2, 0) is 10.0 Å². The summed E-state index contributed by atoms with van der Waals surface area (Å²) < 4.78 is 33.8. The minimum absolute atomic E-state index is 0.121. The van der Waals surface area contributed by atoms with Crippen LogP contribution in [0.5, 0.6) is 5.75 Å². The Morgan fingerprint density at radius 3 is 2.25 bits per heavy atom. The Morgan fingerprint density at radius 1 is 0.929 bits per heavy atom. The number of benzene rings is 2. The number of hydrogen-bond donors (Lipinski definition) is 0. The molecule has 1 unspecified atom stereocenters. The van der Waals surface area contributed by atoms with E-state index in [1.807, 2.05) is 18.2 Å². The summed E-state index contributed by atoms with van der Waals surface area (Å²) in [4.78, 5) is 2.61. The molecule has 1 aliphatic heterocycles. The fourth-order valence-electron chi connectivity index (χ4n) is 4.18. The van der Waals surface area contributed by atoms with Gasteiger partial charge in [-0.05, 0) is 69.0 Å². The Kier molecular flexibility index (Phi) is 5.60. The van der Waals surface area contributed by atoms with Gasteiger partial charge >= 0.3 is 0 Å². The van der Waals surface area contributed by atoms with Crippen LogP contribution in [0.1, 0.15) is 32.6 Å². The van der Waals surface area contributed by atoms with Crippen LogP contribution in [0.2, 0.25) is 0 Å². The summed E-state index contributed by atoms with van der Waals surface area (Å²) >= 11 is 0. The molecule has 0 spiro atoms. The summed E-state index contributed by atoms with van der Waals surface area (Å²) in [5.74, 6) is 0.758. The highest BCUT2D eigenvalue weighted by atomic mass is 32.2. The molecule has 1 aliphatic carbocycles. The van der Waals surface area contributed by atoms with Gasteiger partial charge in [-0.15, -0.1) is 0 Å². The Hall–Kier alpha value is -2.05. The number of nitrogens with zero attached hydrogens (tertiary/aromatic N) is 2. The molecule has 0 aromatic heterocycles. The van der Waals surface area contributed by atoms with E-state index in [1.165, 1.54) is 12.8 Å². The number of hydrogen-bond acceptors (Lipinski definition) is 4. The van der Waals surface area contributed by atoms with Gasteiger partial charge in [-0.3, -0.25) is 0 Å². The SMILES string of the molecule is CC1CN(S(=O)(=O)c2ccc(OC3CCCC3)cc2)CCN1c1ccccc1. The van der Waals surface area contributed by atoms with Gasteiger partial charge in [0.2, 0.25) is 10.0 Å². The molecule has 1 saturated heterocycles. The molecular weight excluding hydrogens is 372 g/mol. The highest BCUT2D eigenvalue weighted by Crippen LogP contribution is 2.27. The molecule has 1 atom stereocenters. The molecule has 0 N–H and O–H groups in total. The van der Waals surface area contributed by atoms with Gasteiger partial charge in [0.1, 0.15) is 5.75 Å². The third-order valence-corrected chi connectivity index (χ3v) is 7.62. The highest BCUT2D eigenvalue weighted by Gasteiger charge is 2.32. The van der Waals surface area contributed by atoms with E-state index in [9.17, 15) is 8.42 Å². The topological polar surface area (TPSA) is 49.9 Å². The lowest BCUT2D eigenvalue weighted by atomic mass is 10.2. The van der Waals surface area contributed by atoms with Gasteiger partial charge in [-0.25, -0.2) is 8.42 Å². The van der Waals surface area contributed by atoms with Crippen molar-refractivity contribution in [3.05, 3.63) is 54.6 Å². The fourth-order valence-corrected chi connectivity index (χ4v) is 5.70. The predicted molar refractivity (Wildman–Crippen MR) is 111 cm³/mol. The maximum Gasteiger partial charge on any atom is 0.243 e. The summed E-state index contributed by atoms with van der Waals surface area (Å²) in [6.07, 6.45) is 4.87. The predicted octanol–water partition coefficient (Wildman–Crippen LogP) is 3.91. The van der Waals surface area contributed by atoms with Gasteiger partial charge in [-0.2, -0.15) is 4.31 Å². The van der Waals surface area contributed by atoms with Gasteiger partial charge in [0.25, 0.3) is 0 Å². The van der Waals surface area contributed by atoms with Crippen molar-refractivity contribution in [3.8, 4) is 5.75 Å². The van der Waals surface area contributed by atoms with Gasteiger partial charge in [-0.1, -0.05) is 18.2 Å². The highest BCUT2D eigenvalue weighted by molar-refractivity contribution is 7.89. The molecule has 5 nitrogen and oxygen atoms in total. The second-order valence-electron chi connectivity index (χ2n) is 7.74. The van der Waals surface area contributed by atoms with Crippen molar-refractivity contribution < 1.29 is 13.2 Å². The van der Waals surface area contributed by atoms with Crippen LogP contribution in [0.15, 0.2) is 59.5 Å². The molecule has 1 saturated carbocycles. The molecule has 2 fully saturated rings. The van der Waals surface area contributed by atoms with Crippen molar-refractivity contribution in [2.45, 2.75) is 49.6 Å². The van der Waals surface area contributed by atoms with Crippen molar-refractivity contribution >= 4 is 15.7 Å². The van der Waals surface area contributed by atoms with Crippen molar-refractivity contribution in [1.29, 1.82) is 0 Å². The second-order valence-corrected chi connectivity index (χ2v) is 9.67. The third kappa shape index (κ3) is 4.03. The van der Waals surface area contributed by atoms with Crippen LogP contribution in [0.3, 0.4) is 0 Å². The Balaban J connectivity index is 1.43. The van der Waals surface area contributed by atoms with Gasteiger partial charge < -0.3 is 9.64 Å². The minimum Gasteiger partial charge on any atom is -0.490 e. The lowest BCUT2D eigenvalue weighted by Crippen LogP contribution is -2.53. The normalized spacial score (nSPS) is 21.8. The van der Waals surface area contributed by atoms with E-state index in [2.05, 4.69) is 24.0 Å². The van der Waals surface area contributed by atoms with E-state index in [0.29, 0.717) is 24.5 Å². The third-order valence-electron chi connectivity index (χ3n) is 5.74. The van der Waals surface area contributed by atoms with E-state index < -0.39 is 10.0 Å². The molecule has 2 aromatic carbocycles. The Bertz CT molecular complexity index is 878. The fraction of sp³-hybridized carbons (Fsp3) is 0.455. The van der Waals surface area contributed by atoms with Crippen LogP contribution < -0.4 is 9.64 Å². The summed E-state index contributed by atoms with van der Waals surface area (Å²) in [7, 11) is -3.49. The van der Waals surface area contributed by atoms with Crippen LogP contribution in [0, 0.1) is 0 Å². The number of piperazine rings is 1. The second kappa shape index (κ2) is 8.13. The van der Waals surface area contributed by atoms with Crippen molar-refractivity contribution in [2.75, 3.05) is 24.5 Å².